The van der Waals surface area contributed by atoms with E-state index >= 15 is 0 Å². The maximum Gasteiger partial charge on any atom is 0.224 e. The summed E-state index contributed by atoms with van der Waals surface area (Å²) in [6, 6.07) is 6.12. The zero-order chi connectivity index (χ0) is 13.2. The van der Waals surface area contributed by atoms with Crippen molar-refractivity contribution in [2.24, 2.45) is 0 Å². The second-order valence-electron chi connectivity index (χ2n) is 4.91. The SMILES string of the molecule is CC(=O)N1CCOc2cc(N3CCNCC3)ccc21. The number of anilines is 2. The third-order valence-corrected chi connectivity index (χ3v) is 3.67. The quantitative estimate of drug-likeness (QED) is 0.814. The maximum absolute atomic E-state index is 11.6. The molecule has 0 radical (unpaired) electrons. The molecule has 2 aliphatic heterocycles. The van der Waals surface area contributed by atoms with Gasteiger partial charge in [0.05, 0.1) is 12.2 Å². The van der Waals surface area contributed by atoms with Crippen molar-refractivity contribution in [3.8, 4) is 5.75 Å². The summed E-state index contributed by atoms with van der Waals surface area (Å²) in [5, 5.41) is 3.34. The highest BCUT2D eigenvalue weighted by molar-refractivity contribution is 5.94. The minimum absolute atomic E-state index is 0.0690. The van der Waals surface area contributed by atoms with Gasteiger partial charge in [0.15, 0.2) is 0 Å². The molecule has 102 valence electrons. The van der Waals surface area contributed by atoms with Crippen molar-refractivity contribution >= 4 is 17.3 Å². The third kappa shape index (κ3) is 2.38. The van der Waals surface area contributed by atoms with Gasteiger partial charge in [0.1, 0.15) is 12.4 Å². The van der Waals surface area contributed by atoms with Gasteiger partial charge in [-0.3, -0.25) is 4.79 Å². The van der Waals surface area contributed by atoms with Crippen LogP contribution in [0.5, 0.6) is 5.75 Å². The van der Waals surface area contributed by atoms with E-state index in [1.807, 2.05) is 6.07 Å². The number of hydrogen-bond acceptors (Lipinski definition) is 4. The molecular formula is C14H19N3O2. The molecule has 1 fully saturated rings. The van der Waals surface area contributed by atoms with E-state index in [1.165, 1.54) is 5.69 Å². The van der Waals surface area contributed by atoms with Crippen LogP contribution in [0.4, 0.5) is 11.4 Å². The monoisotopic (exact) mass is 261 g/mol. The van der Waals surface area contributed by atoms with E-state index in [1.54, 1.807) is 11.8 Å². The molecular weight excluding hydrogens is 242 g/mol. The largest absolute Gasteiger partial charge is 0.489 e. The van der Waals surface area contributed by atoms with Crippen molar-refractivity contribution in [1.82, 2.24) is 5.32 Å². The molecule has 1 aromatic rings. The first kappa shape index (κ1) is 12.3. The van der Waals surface area contributed by atoms with Gasteiger partial charge in [0, 0.05) is 44.9 Å². The summed E-state index contributed by atoms with van der Waals surface area (Å²) in [5.41, 5.74) is 2.06. The Morgan fingerprint density at radius 2 is 2.05 bits per heavy atom. The first-order valence-corrected chi connectivity index (χ1v) is 6.76. The molecule has 1 amide bonds. The fourth-order valence-corrected chi connectivity index (χ4v) is 2.66. The highest BCUT2D eigenvalue weighted by atomic mass is 16.5. The Hall–Kier alpha value is -1.75. The number of benzene rings is 1. The van der Waals surface area contributed by atoms with E-state index in [2.05, 4.69) is 22.3 Å². The van der Waals surface area contributed by atoms with Crippen molar-refractivity contribution in [3.05, 3.63) is 18.2 Å². The minimum atomic E-state index is 0.0690. The van der Waals surface area contributed by atoms with E-state index in [9.17, 15) is 4.79 Å². The number of rotatable bonds is 1. The van der Waals surface area contributed by atoms with Crippen LogP contribution < -0.4 is 19.9 Å². The summed E-state index contributed by atoms with van der Waals surface area (Å²) in [5.74, 6) is 0.886. The lowest BCUT2D eigenvalue weighted by molar-refractivity contribution is -0.116. The van der Waals surface area contributed by atoms with Gasteiger partial charge in [-0.05, 0) is 12.1 Å². The molecule has 0 spiro atoms. The van der Waals surface area contributed by atoms with Crippen LogP contribution in [0.3, 0.4) is 0 Å². The number of carbonyl (C=O) groups excluding carboxylic acids is 1. The normalized spacial score (nSPS) is 18.8. The number of ether oxygens (including phenoxy) is 1. The van der Waals surface area contributed by atoms with Crippen LogP contribution in [0.1, 0.15) is 6.92 Å². The molecule has 2 heterocycles. The summed E-state index contributed by atoms with van der Waals surface area (Å²) in [6.07, 6.45) is 0. The summed E-state index contributed by atoms with van der Waals surface area (Å²) < 4.78 is 5.70. The number of nitrogens with one attached hydrogen (secondary N) is 1. The number of fused-ring (bicyclic) bond motifs is 1. The Labute approximate surface area is 113 Å². The van der Waals surface area contributed by atoms with E-state index < -0.39 is 0 Å². The first-order chi connectivity index (χ1) is 9.25. The van der Waals surface area contributed by atoms with Crippen molar-refractivity contribution in [2.75, 3.05) is 49.1 Å². The zero-order valence-electron chi connectivity index (χ0n) is 11.2. The highest BCUT2D eigenvalue weighted by Crippen LogP contribution is 2.35. The molecule has 0 aromatic heterocycles. The average Bonchev–Trinajstić information content (AvgIpc) is 2.47. The number of carbonyl (C=O) groups is 1. The van der Waals surface area contributed by atoms with Crippen molar-refractivity contribution in [1.29, 1.82) is 0 Å². The Kier molecular flexibility index (Phi) is 3.29. The van der Waals surface area contributed by atoms with Gasteiger partial charge < -0.3 is 19.9 Å². The fourth-order valence-electron chi connectivity index (χ4n) is 2.66. The van der Waals surface area contributed by atoms with E-state index in [4.69, 9.17) is 4.74 Å². The molecule has 3 rings (SSSR count). The number of hydrogen-bond donors (Lipinski definition) is 1. The number of nitrogens with zero attached hydrogens (tertiary/aromatic N) is 2. The summed E-state index contributed by atoms with van der Waals surface area (Å²) >= 11 is 0. The molecule has 1 aromatic carbocycles. The molecule has 5 heteroatoms. The summed E-state index contributed by atoms with van der Waals surface area (Å²) in [7, 11) is 0. The van der Waals surface area contributed by atoms with Gasteiger partial charge in [-0.25, -0.2) is 0 Å². The number of piperazine rings is 1. The highest BCUT2D eigenvalue weighted by Gasteiger charge is 2.22. The molecule has 0 aliphatic carbocycles. The van der Waals surface area contributed by atoms with Gasteiger partial charge in [-0.1, -0.05) is 0 Å². The molecule has 19 heavy (non-hydrogen) atoms. The van der Waals surface area contributed by atoms with Gasteiger partial charge in [0.25, 0.3) is 0 Å². The first-order valence-electron chi connectivity index (χ1n) is 6.76. The Morgan fingerprint density at radius 1 is 1.26 bits per heavy atom. The van der Waals surface area contributed by atoms with Crippen LogP contribution in [0, 0.1) is 0 Å². The van der Waals surface area contributed by atoms with Gasteiger partial charge in [0.2, 0.25) is 5.91 Å². The lowest BCUT2D eigenvalue weighted by Gasteiger charge is -2.32. The van der Waals surface area contributed by atoms with Gasteiger partial charge in [-0.2, -0.15) is 0 Å². The van der Waals surface area contributed by atoms with Crippen LogP contribution in [0.25, 0.3) is 0 Å². The lowest BCUT2D eigenvalue weighted by atomic mass is 10.2. The molecule has 0 atom stereocenters. The van der Waals surface area contributed by atoms with Crippen LogP contribution >= 0.6 is 0 Å². The van der Waals surface area contributed by atoms with E-state index in [0.29, 0.717) is 13.2 Å². The average molecular weight is 261 g/mol. The third-order valence-electron chi connectivity index (χ3n) is 3.67. The lowest BCUT2D eigenvalue weighted by Crippen LogP contribution is -2.43. The van der Waals surface area contributed by atoms with Crippen molar-refractivity contribution < 1.29 is 9.53 Å². The molecule has 0 saturated carbocycles. The molecule has 5 nitrogen and oxygen atoms in total. The van der Waals surface area contributed by atoms with E-state index in [0.717, 1.165) is 37.6 Å². The zero-order valence-corrected chi connectivity index (χ0v) is 11.2. The second-order valence-corrected chi connectivity index (χ2v) is 4.91. The Balaban J connectivity index is 1.88. The standard InChI is InChI=1S/C14H19N3O2/c1-11(18)17-8-9-19-14-10-12(2-3-13(14)17)16-6-4-15-5-7-16/h2-3,10,15H,4-9H2,1H3. The Bertz CT molecular complexity index is 484. The predicted octanol–water partition coefficient (Wildman–Crippen LogP) is 0.842. The summed E-state index contributed by atoms with van der Waals surface area (Å²) in [6.45, 7) is 6.84. The van der Waals surface area contributed by atoms with Crippen LogP contribution in [-0.2, 0) is 4.79 Å². The fraction of sp³-hybridized carbons (Fsp3) is 0.500. The Morgan fingerprint density at radius 3 is 2.79 bits per heavy atom. The number of amides is 1. The maximum atomic E-state index is 11.6. The van der Waals surface area contributed by atoms with Crippen LogP contribution in [-0.4, -0.2) is 45.2 Å². The molecule has 0 bridgehead atoms. The molecule has 0 unspecified atom stereocenters. The molecule has 2 aliphatic rings. The van der Waals surface area contributed by atoms with Gasteiger partial charge >= 0.3 is 0 Å². The van der Waals surface area contributed by atoms with Crippen molar-refractivity contribution in [3.63, 3.8) is 0 Å². The molecule has 1 saturated heterocycles. The predicted molar refractivity (Wildman–Crippen MR) is 75.0 cm³/mol. The molecule has 1 N–H and O–H groups in total. The second kappa shape index (κ2) is 5.09. The van der Waals surface area contributed by atoms with Crippen molar-refractivity contribution in [2.45, 2.75) is 6.92 Å². The van der Waals surface area contributed by atoms with Gasteiger partial charge in [-0.15, -0.1) is 0 Å². The topological polar surface area (TPSA) is 44.8 Å². The van der Waals surface area contributed by atoms with Crippen LogP contribution in [0.2, 0.25) is 0 Å². The summed E-state index contributed by atoms with van der Waals surface area (Å²) in [4.78, 5) is 15.7. The van der Waals surface area contributed by atoms with E-state index in [-0.39, 0.29) is 5.91 Å². The minimum Gasteiger partial charge on any atom is -0.489 e. The smallest absolute Gasteiger partial charge is 0.224 e. The van der Waals surface area contributed by atoms with Crippen LogP contribution in [0.15, 0.2) is 18.2 Å².